The average Bonchev–Trinajstić information content (AvgIpc) is 1.35. The van der Waals surface area contributed by atoms with Crippen molar-refractivity contribution in [3.8, 4) is 123 Å². The monoisotopic (exact) mass is 1850 g/mol. The Kier molecular flexibility index (Phi) is 19.7. The lowest BCUT2D eigenvalue weighted by Gasteiger charge is -2.20. The van der Waals surface area contributed by atoms with Gasteiger partial charge in [0.1, 0.15) is 0 Å². The summed E-state index contributed by atoms with van der Waals surface area (Å²) < 4.78 is 4.83. The Bertz CT molecular complexity index is 10500. The number of rotatable bonds is 12. The maximum absolute atomic E-state index is 2.44. The van der Waals surface area contributed by atoms with Crippen LogP contribution in [0.2, 0.25) is 0 Å². The summed E-state index contributed by atoms with van der Waals surface area (Å²) in [5.74, 6) is 0. The van der Waals surface area contributed by atoms with E-state index >= 15 is 0 Å². The van der Waals surface area contributed by atoms with E-state index in [9.17, 15) is 0 Å². The van der Waals surface area contributed by atoms with Crippen molar-refractivity contribution in [1.82, 2.24) is 9.13 Å². The Balaban J connectivity index is 0.000000138. The maximum atomic E-state index is 2.44. The fourth-order valence-electron chi connectivity index (χ4n) is 24.5. The molecule has 2 aromatic heterocycles. The van der Waals surface area contributed by atoms with Gasteiger partial charge >= 0.3 is 0 Å². The molecule has 146 heavy (non-hydrogen) atoms. The van der Waals surface area contributed by atoms with E-state index in [4.69, 9.17) is 0 Å². The molecular weight excluding hydrogens is 1760 g/mol. The third-order valence-electron chi connectivity index (χ3n) is 31.0. The van der Waals surface area contributed by atoms with Gasteiger partial charge in [0, 0.05) is 32.9 Å². The van der Waals surface area contributed by atoms with Gasteiger partial charge in [0.2, 0.25) is 0 Å². The molecule has 0 amide bonds. The summed E-state index contributed by atoms with van der Waals surface area (Å²) in [6.45, 7) is 0. The van der Waals surface area contributed by atoms with Gasteiger partial charge in [0.05, 0.1) is 22.1 Å². The van der Waals surface area contributed by atoms with Crippen LogP contribution < -0.4 is 0 Å². The molecule has 0 unspecified atom stereocenters. The van der Waals surface area contributed by atoms with Crippen molar-refractivity contribution >= 4 is 173 Å². The Morgan fingerprint density at radius 2 is 0.274 bits per heavy atom. The van der Waals surface area contributed by atoms with Crippen LogP contribution in [0.1, 0.15) is 0 Å². The average molecular weight is 1850 g/mol. The van der Waals surface area contributed by atoms with Gasteiger partial charge in [-0.05, 0) is 332 Å². The summed E-state index contributed by atoms with van der Waals surface area (Å²) >= 11 is 0. The molecule has 2 heteroatoms. The molecule has 2 heterocycles. The Labute approximate surface area is 844 Å². The summed E-state index contributed by atoms with van der Waals surface area (Å²) in [5.41, 5.74) is 31.7. The van der Waals surface area contributed by atoms with E-state index in [-0.39, 0.29) is 0 Å². The van der Waals surface area contributed by atoms with Crippen molar-refractivity contribution in [3.63, 3.8) is 0 Å². The second-order valence-electron chi connectivity index (χ2n) is 39.0. The van der Waals surface area contributed by atoms with E-state index in [0.717, 1.165) is 11.4 Å². The normalized spacial score (nSPS) is 11.8. The highest BCUT2D eigenvalue weighted by Gasteiger charge is 2.27. The number of hydrogen-bond donors (Lipinski definition) is 0. The van der Waals surface area contributed by atoms with Crippen molar-refractivity contribution < 1.29 is 0 Å². The molecule has 0 saturated carbocycles. The van der Waals surface area contributed by atoms with Crippen LogP contribution in [-0.4, -0.2) is 9.13 Å². The van der Waals surface area contributed by atoms with E-state index in [1.807, 2.05) is 0 Å². The molecule has 30 rings (SSSR count). The molecule has 0 bridgehead atoms. The van der Waals surface area contributed by atoms with Gasteiger partial charge in [-0.2, -0.15) is 0 Å². The zero-order valence-electron chi connectivity index (χ0n) is 79.9. The van der Waals surface area contributed by atoms with Crippen molar-refractivity contribution in [1.29, 1.82) is 0 Å². The second kappa shape index (κ2) is 34.4. The summed E-state index contributed by atoms with van der Waals surface area (Å²) in [6.07, 6.45) is 0. The fourth-order valence-corrected chi connectivity index (χ4v) is 24.5. The first-order valence-electron chi connectivity index (χ1n) is 50.6. The number of hydrogen-bond acceptors (Lipinski definition) is 0. The smallest absolute Gasteiger partial charge is 0.0541 e. The lowest BCUT2D eigenvalue weighted by Crippen LogP contribution is -1.94. The molecule has 0 atom stereocenters. The number of fused-ring (bicyclic) bond motifs is 18. The van der Waals surface area contributed by atoms with Crippen LogP contribution in [0.25, 0.3) is 296 Å². The molecule has 2 nitrogen and oxygen atoms in total. The largest absolute Gasteiger partial charge is 0.309 e. The number of para-hydroxylation sites is 3. The first-order valence-corrected chi connectivity index (χ1v) is 50.6. The third-order valence-corrected chi connectivity index (χ3v) is 31.0. The number of aromatic nitrogens is 2. The minimum atomic E-state index is 1.13. The molecule has 30 aromatic rings. The van der Waals surface area contributed by atoms with Crippen LogP contribution in [0.3, 0.4) is 0 Å². The molecule has 28 aromatic carbocycles. The van der Waals surface area contributed by atoms with Gasteiger partial charge in [0.25, 0.3) is 0 Å². The molecule has 0 N–H and O–H groups in total. The maximum Gasteiger partial charge on any atom is 0.0541 e. The fraction of sp³-hybridized carbons (Fsp3) is 0. The van der Waals surface area contributed by atoms with Crippen LogP contribution in [0.15, 0.2) is 546 Å². The minimum absolute atomic E-state index is 1.13. The van der Waals surface area contributed by atoms with Gasteiger partial charge in [-0.15, -0.1) is 0 Å². The minimum Gasteiger partial charge on any atom is -0.309 e. The third kappa shape index (κ3) is 13.8. The predicted octanol–water partition coefficient (Wildman–Crippen LogP) is 40.1. The standard InChI is InChI=1S/2C72H45N/c1-3-17-51-43-54(35-31-46(51)15-1)71-63-25-9-10-26-64(63)72(55-36-32-47-16-2-4-18-52(47)44-55)66-45-53(39-42-65(66)71)48-29-33-49(34-30-48)69-59-21-5-7-23-61(59)70(62-24-8-6-22-60(62)69)50-37-40-56(41-38-50)73-67-27-13-11-19-57(67)58-20-12-14-28-68(58)73;1-2-18-49(19-3-1)69-58-23-8-10-25-60(58)71(61-26-11-9-24-59(61)69)55-37-41-68-65(45-55)57-22-14-15-29-67(57)73(68)56-38-34-48(35-39-56)52-36-40-64-66(44-52)72(54-33-31-47-17-5-7-21-51(47)43-54)63-28-13-12-27-62(63)70(64)53-32-30-46-16-4-6-20-50(46)42-53/h2*1-45H. The molecular formula is C144H90N2. The highest BCUT2D eigenvalue weighted by Crippen LogP contribution is 2.53. The van der Waals surface area contributed by atoms with Crippen molar-refractivity contribution in [2.75, 3.05) is 0 Å². The first kappa shape index (κ1) is 83.8. The van der Waals surface area contributed by atoms with Gasteiger partial charge in [0.15, 0.2) is 0 Å². The summed E-state index contributed by atoms with van der Waals surface area (Å²) in [4.78, 5) is 0. The van der Waals surface area contributed by atoms with Gasteiger partial charge < -0.3 is 9.13 Å². The van der Waals surface area contributed by atoms with Crippen LogP contribution in [0, 0.1) is 0 Å². The Morgan fingerprint density at radius 1 is 0.0890 bits per heavy atom. The van der Waals surface area contributed by atoms with E-state index < -0.39 is 0 Å². The molecule has 676 valence electrons. The first-order chi connectivity index (χ1) is 72.4. The van der Waals surface area contributed by atoms with Gasteiger partial charge in [-0.3, -0.25) is 0 Å². The lowest BCUT2D eigenvalue weighted by atomic mass is 9.84. The van der Waals surface area contributed by atoms with E-state index in [1.165, 1.54) is 284 Å². The molecule has 0 aliphatic carbocycles. The van der Waals surface area contributed by atoms with Crippen molar-refractivity contribution in [2.24, 2.45) is 0 Å². The van der Waals surface area contributed by atoms with E-state index in [2.05, 4.69) is 555 Å². The lowest BCUT2D eigenvalue weighted by molar-refractivity contribution is 1.18. The van der Waals surface area contributed by atoms with Crippen LogP contribution in [-0.2, 0) is 0 Å². The summed E-state index contributed by atoms with van der Waals surface area (Å²) in [5, 5.41) is 35.0. The van der Waals surface area contributed by atoms with E-state index in [1.54, 1.807) is 0 Å². The Hall–Kier alpha value is -19.1. The molecule has 0 aliphatic rings. The highest BCUT2D eigenvalue weighted by molar-refractivity contribution is 6.28. The molecule has 0 spiro atoms. The highest BCUT2D eigenvalue weighted by atomic mass is 15.0. The summed E-state index contributed by atoms with van der Waals surface area (Å²) in [7, 11) is 0. The molecule has 0 radical (unpaired) electrons. The van der Waals surface area contributed by atoms with E-state index in [0.29, 0.717) is 0 Å². The predicted molar refractivity (Wildman–Crippen MR) is 626 cm³/mol. The van der Waals surface area contributed by atoms with Crippen molar-refractivity contribution in [3.05, 3.63) is 546 Å². The Morgan fingerprint density at radius 3 is 0.589 bits per heavy atom. The SMILES string of the molecule is c1ccc(-c2c3ccccc3c(-c3ccc4c(c3)c3ccccc3n4-c3ccc(-c4ccc5c(-c6ccc7ccccc7c6)c6ccccc6c(-c6ccc7ccccc7c6)c5c4)cc3)c3ccccc23)cc1.c1ccc2cc(-c3c4ccccc4c(-c4ccc5ccccc5c4)c4cc(-c5ccc(-c6c7ccccc7c(-c7ccc(-n8c9ccccc9c9ccccc98)cc7)c7ccccc67)cc5)ccc34)ccc2c1. The van der Waals surface area contributed by atoms with Gasteiger partial charge in [-0.25, -0.2) is 0 Å². The van der Waals surface area contributed by atoms with Crippen LogP contribution in [0.4, 0.5) is 0 Å². The summed E-state index contributed by atoms with van der Waals surface area (Å²) in [6, 6.07) is 202. The van der Waals surface area contributed by atoms with Crippen molar-refractivity contribution in [2.45, 2.75) is 0 Å². The van der Waals surface area contributed by atoms with Crippen LogP contribution >= 0.6 is 0 Å². The van der Waals surface area contributed by atoms with Gasteiger partial charge in [-0.1, -0.05) is 455 Å². The second-order valence-corrected chi connectivity index (χ2v) is 39.0. The topological polar surface area (TPSA) is 9.86 Å². The quantitative estimate of drug-likeness (QED) is 0.108. The van der Waals surface area contributed by atoms with Crippen LogP contribution in [0.5, 0.6) is 0 Å². The molecule has 0 saturated heterocycles. The zero-order valence-corrected chi connectivity index (χ0v) is 79.9. The zero-order chi connectivity index (χ0) is 96.0. The number of benzene rings is 28. The molecule has 0 fully saturated rings. The number of nitrogens with zero attached hydrogens (tertiary/aromatic N) is 2. The molecule has 0 aliphatic heterocycles.